The zero-order chi connectivity index (χ0) is 13.9. The van der Waals surface area contributed by atoms with Crippen molar-refractivity contribution in [3.63, 3.8) is 0 Å². The van der Waals surface area contributed by atoms with E-state index in [1.54, 1.807) is 12.3 Å². The van der Waals surface area contributed by atoms with E-state index >= 15 is 0 Å². The molecule has 0 saturated carbocycles. The number of primary sulfonamides is 1. The van der Waals surface area contributed by atoms with Crippen LogP contribution in [0.15, 0.2) is 23.2 Å². The summed E-state index contributed by atoms with van der Waals surface area (Å²) in [6, 6.07) is 3.11. The average Bonchev–Trinajstić information content (AvgIpc) is 2.63. The Morgan fingerprint density at radius 3 is 2.79 bits per heavy atom. The molecule has 1 fully saturated rings. The lowest BCUT2D eigenvalue weighted by atomic mass is 10.3. The van der Waals surface area contributed by atoms with Crippen LogP contribution in [0.25, 0.3) is 0 Å². The van der Waals surface area contributed by atoms with Crippen LogP contribution in [0.1, 0.15) is 13.3 Å². The SMILES string of the molecule is CCN1CCCN(c2ncccc2S(N)(=O)=O)CC1. The molecule has 0 radical (unpaired) electrons. The quantitative estimate of drug-likeness (QED) is 0.861. The standard InChI is InChI=1S/C12H20N4O2S/c1-2-15-7-4-8-16(10-9-15)12-11(19(13,17)18)5-3-6-14-12/h3,5-6H,2,4,7-10H2,1H3,(H2,13,17,18). The van der Waals surface area contributed by atoms with Gasteiger partial charge in [-0.1, -0.05) is 6.92 Å². The summed E-state index contributed by atoms with van der Waals surface area (Å²) < 4.78 is 23.2. The van der Waals surface area contributed by atoms with Crippen LogP contribution in [0, 0.1) is 0 Å². The van der Waals surface area contributed by atoms with E-state index in [0.29, 0.717) is 5.82 Å². The molecule has 106 valence electrons. The number of nitrogens with zero attached hydrogens (tertiary/aromatic N) is 3. The average molecular weight is 284 g/mol. The molecule has 0 aliphatic carbocycles. The molecule has 1 saturated heterocycles. The predicted octanol–water partition coefficient (Wildman–Crippen LogP) is 0.261. The molecular weight excluding hydrogens is 264 g/mol. The van der Waals surface area contributed by atoms with E-state index < -0.39 is 10.0 Å². The Bertz CT molecular complexity index is 532. The number of hydrogen-bond donors (Lipinski definition) is 1. The molecule has 1 aromatic rings. The van der Waals surface area contributed by atoms with Crippen molar-refractivity contribution in [2.45, 2.75) is 18.2 Å². The monoisotopic (exact) mass is 284 g/mol. The first kappa shape index (κ1) is 14.2. The van der Waals surface area contributed by atoms with Gasteiger partial charge in [0, 0.05) is 25.8 Å². The van der Waals surface area contributed by atoms with Crippen molar-refractivity contribution in [2.24, 2.45) is 5.14 Å². The largest absolute Gasteiger partial charge is 0.354 e. The van der Waals surface area contributed by atoms with Gasteiger partial charge in [0.1, 0.15) is 10.7 Å². The van der Waals surface area contributed by atoms with Gasteiger partial charge in [-0.2, -0.15) is 0 Å². The summed E-state index contributed by atoms with van der Waals surface area (Å²) in [5.74, 6) is 0.475. The van der Waals surface area contributed by atoms with Gasteiger partial charge in [-0.05, 0) is 31.6 Å². The van der Waals surface area contributed by atoms with Crippen molar-refractivity contribution in [1.29, 1.82) is 0 Å². The Kier molecular flexibility index (Phi) is 4.38. The fourth-order valence-corrected chi connectivity index (χ4v) is 3.05. The number of sulfonamides is 1. The van der Waals surface area contributed by atoms with Crippen LogP contribution in [0.2, 0.25) is 0 Å². The molecule has 6 nitrogen and oxygen atoms in total. The molecule has 2 N–H and O–H groups in total. The van der Waals surface area contributed by atoms with Crippen molar-refractivity contribution in [3.8, 4) is 0 Å². The predicted molar refractivity (Wildman–Crippen MR) is 74.6 cm³/mol. The van der Waals surface area contributed by atoms with Gasteiger partial charge < -0.3 is 9.80 Å². The number of anilines is 1. The van der Waals surface area contributed by atoms with Gasteiger partial charge in [-0.25, -0.2) is 18.5 Å². The second-order valence-electron chi connectivity index (χ2n) is 4.65. The van der Waals surface area contributed by atoms with Crippen LogP contribution in [-0.4, -0.2) is 51.0 Å². The zero-order valence-corrected chi connectivity index (χ0v) is 11.9. The molecule has 1 aliphatic rings. The number of nitrogens with two attached hydrogens (primary N) is 1. The zero-order valence-electron chi connectivity index (χ0n) is 11.1. The molecule has 0 bridgehead atoms. The van der Waals surface area contributed by atoms with Gasteiger partial charge in [0.25, 0.3) is 0 Å². The molecule has 0 spiro atoms. The Labute approximate surface area is 114 Å². The summed E-state index contributed by atoms with van der Waals surface area (Å²) in [5.41, 5.74) is 0. The lowest BCUT2D eigenvalue weighted by Crippen LogP contribution is -2.32. The van der Waals surface area contributed by atoms with Crippen molar-refractivity contribution >= 4 is 15.8 Å². The van der Waals surface area contributed by atoms with E-state index in [0.717, 1.165) is 39.1 Å². The van der Waals surface area contributed by atoms with Crippen molar-refractivity contribution in [1.82, 2.24) is 9.88 Å². The van der Waals surface area contributed by atoms with E-state index in [1.165, 1.54) is 6.07 Å². The van der Waals surface area contributed by atoms with E-state index in [9.17, 15) is 8.42 Å². The Hall–Kier alpha value is -1.18. The number of likely N-dealkylation sites (N-methyl/N-ethyl adjacent to an activating group) is 1. The van der Waals surface area contributed by atoms with E-state index in [-0.39, 0.29) is 4.90 Å². The van der Waals surface area contributed by atoms with Crippen molar-refractivity contribution in [2.75, 3.05) is 37.6 Å². The number of hydrogen-bond acceptors (Lipinski definition) is 5. The third-order valence-corrected chi connectivity index (χ3v) is 4.32. The molecule has 1 aromatic heterocycles. The molecule has 0 atom stereocenters. The molecule has 7 heteroatoms. The summed E-state index contributed by atoms with van der Waals surface area (Å²) in [6.45, 7) is 6.66. The molecule has 19 heavy (non-hydrogen) atoms. The van der Waals surface area contributed by atoms with Crippen molar-refractivity contribution in [3.05, 3.63) is 18.3 Å². The summed E-state index contributed by atoms with van der Waals surface area (Å²) in [5, 5.41) is 5.25. The van der Waals surface area contributed by atoms with Gasteiger partial charge in [0.05, 0.1) is 0 Å². The molecule has 0 aromatic carbocycles. The highest BCUT2D eigenvalue weighted by Crippen LogP contribution is 2.22. The van der Waals surface area contributed by atoms with Crippen LogP contribution in [0.5, 0.6) is 0 Å². The second kappa shape index (κ2) is 5.85. The van der Waals surface area contributed by atoms with Crippen LogP contribution in [0.3, 0.4) is 0 Å². The minimum Gasteiger partial charge on any atom is -0.354 e. The van der Waals surface area contributed by atoms with Gasteiger partial charge in [-0.15, -0.1) is 0 Å². The summed E-state index contributed by atoms with van der Waals surface area (Å²) in [4.78, 5) is 8.68. The third-order valence-electron chi connectivity index (χ3n) is 3.39. The first-order valence-electron chi connectivity index (χ1n) is 6.47. The molecule has 2 rings (SSSR count). The topological polar surface area (TPSA) is 79.5 Å². The fourth-order valence-electron chi connectivity index (χ4n) is 2.34. The van der Waals surface area contributed by atoms with E-state index in [2.05, 4.69) is 16.8 Å². The Balaban J connectivity index is 2.27. The summed E-state index contributed by atoms with van der Waals surface area (Å²) in [6.07, 6.45) is 2.60. The Morgan fingerprint density at radius 1 is 1.32 bits per heavy atom. The second-order valence-corrected chi connectivity index (χ2v) is 6.17. The lowest BCUT2D eigenvalue weighted by Gasteiger charge is -2.23. The summed E-state index contributed by atoms with van der Waals surface area (Å²) >= 11 is 0. The van der Waals surface area contributed by atoms with Gasteiger partial charge in [0.2, 0.25) is 10.0 Å². The van der Waals surface area contributed by atoms with Crippen LogP contribution >= 0.6 is 0 Å². The van der Waals surface area contributed by atoms with Gasteiger partial charge >= 0.3 is 0 Å². The van der Waals surface area contributed by atoms with Gasteiger partial charge in [-0.3, -0.25) is 0 Å². The highest BCUT2D eigenvalue weighted by Gasteiger charge is 2.21. The third kappa shape index (κ3) is 3.43. The smallest absolute Gasteiger partial charge is 0.241 e. The maximum Gasteiger partial charge on any atom is 0.241 e. The molecule has 0 amide bonds. The number of pyridine rings is 1. The number of aromatic nitrogens is 1. The van der Waals surface area contributed by atoms with Crippen LogP contribution in [-0.2, 0) is 10.0 Å². The summed E-state index contributed by atoms with van der Waals surface area (Å²) in [7, 11) is -3.73. The fraction of sp³-hybridized carbons (Fsp3) is 0.583. The van der Waals surface area contributed by atoms with Crippen LogP contribution in [0.4, 0.5) is 5.82 Å². The van der Waals surface area contributed by atoms with E-state index in [4.69, 9.17) is 5.14 Å². The lowest BCUT2D eigenvalue weighted by molar-refractivity contribution is 0.310. The molecule has 0 unspecified atom stereocenters. The highest BCUT2D eigenvalue weighted by atomic mass is 32.2. The number of rotatable bonds is 3. The highest BCUT2D eigenvalue weighted by molar-refractivity contribution is 7.89. The normalized spacial score (nSPS) is 18.3. The molecule has 2 heterocycles. The van der Waals surface area contributed by atoms with Gasteiger partial charge in [0.15, 0.2) is 0 Å². The first-order valence-corrected chi connectivity index (χ1v) is 8.02. The maximum atomic E-state index is 11.6. The maximum absolute atomic E-state index is 11.6. The minimum absolute atomic E-state index is 0.111. The minimum atomic E-state index is -3.73. The van der Waals surface area contributed by atoms with Crippen LogP contribution < -0.4 is 10.0 Å². The Morgan fingerprint density at radius 2 is 2.11 bits per heavy atom. The first-order chi connectivity index (χ1) is 9.02. The van der Waals surface area contributed by atoms with Crippen molar-refractivity contribution < 1.29 is 8.42 Å². The molecular formula is C12H20N4O2S. The van der Waals surface area contributed by atoms with E-state index in [1.807, 2.05) is 4.90 Å². The molecule has 1 aliphatic heterocycles.